The van der Waals surface area contributed by atoms with Crippen molar-refractivity contribution in [3.8, 4) is 22.8 Å². The number of pyridine rings is 1. The van der Waals surface area contributed by atoms with E-state index in [9.17, 15) is 4.79 Å². The highest BCUT2D eigenvalue weighted by Crippen LogP contribution is 2.30. The Kier molecular flexibility index (Phi) is 4.07. The van der Waals surface area contributed by atoms with Gasteiger partial charge in [-0.1, -0.05) is 17.7 Å². The van der Waals surface area contributed by atoms with Crippen LogP contribution in [-0.4, -0.2) is 41.0 Å². The van der Waals surface area contributed by atoms with Crippen molar-refractivity contribution in [3.63, 3.8) is 0 Å². The maximum atomic E-state index is 13.1. The van der Waals surface area contributed by atoms with Crippen LogP contribution in [0.4, 0.5) is 0 Å². The van der Waals surface area contributed by atoms with Gasteiger partial charge in [0.15, 0.2) is 5.15 Å². The summed E-state index contributed by atoms with van der Waals surface area (Å²) < 4.78 is 9.73. The second-order valence-electron chi connectivity index (χ2n) is 6.84. The molecule has 0 amide bonds. The van der Waals surface area contributed by atoms with E-state index in [4.69, 9.17) is 16.3 Å². The van der Waals surface area contributed by atoms with Crippen LogP contribution in [0.3, 0.4) is 0 Å². The highest BCUT2D eigenvalue weighted by molar-refractivity contribution is 6.31. The summed E-state index contributed by atoms with van der Waals surface area (Å²) in [6.07, 6.45) is 6.79. The van der Waals surface area contributed by atoms with Crippen molar-refractivity contribution in [1.29, 1.82) is 0 Å². The third kappa shape index (κ3) is 2.66. The SMILES string of the molecule is COc1ncc(-c2ccc3ncc4c(c3c2)n(-c2cn(C)nc2Cl)c(=O)n4C)cn1. The standard InChI is InChI=1S/C20H16ClN7O2/c1-26-10-16(18(21)25-26)28-17-13-6-11(12-7-23-19(30-3)24-8-12)4-5-14(13)22-9-15(17)27(2)20(28)29/h4-10H,1-3H3. The summed E-state index contributed by atoms with van der Waals surface area (Å²) in [4.78, 5) is 26.0. The number of imidazole rings is 1. The first-order valence-electron chi connectivity index (χ1n) is 9.04. The molecule has 30 heavy (non-hydrogen) atoms. The van der Waals surface area contributed by atoms with E-state index in [-0.39, 0.29) is 10.8 Å². The molecule has 0 aliphatic rings. The molecule has 10 heteroatoms. The Labute approximate surface area is 175 Å². The quantitative estimate of drug-likeness (QED) is 0.444. The molecule has 0 aliphatic heterocycles. The second-order valence-corrected chi connectivity index (χ2v) is 7.20. The van der Waals surface area contributed by atoms with E-state index in [1.165, 1.54) is 7.11 Å². The molecule has 4 aromatic heterocycles. The number of aryl methyl sites for hydroxylation is 2. The Hall–Kier alpha value is -3.72. The molecule has 9 nitrogen and oxygen atoms in total. The van der Waals surface area contributed by atoms with E-state index in [0.29, 0.717) is 22.7 Å². The number of halogens is 1. The minimum Gasteiger partial charge on any atom is -0.467 e. The topological polar surface area (TPSA) is 92.7 Å². The van der Waals surface area contributed by atoms with Crippen molar-refractivity contribution in [2.24, 2.45) is 14.1 Å². The lowest BCUT2D eigenvalue weighted by Gasteiger charge is -2.07. The molecule has 0 aliphatic carbocycles. The zero-order chi connectivity index (χ0) is 21.0. The summed E-state index contributed by atoms with van der Waals surface area (Å²) in [7, 11) is 4.98. The van der Waals surface area contributed by atoms with Gasteiger partial charge in [-0.15, -0.1) is 0 Å². The van der Waals surface area contributed by atoms with Gasteiger partial charge in [-0.2, -0.15) is 5.10 Å². The third-order valence-corrected chi connectivity index (χ3v) is 5.30. The van der Waals surface area contributed by atoms with E-state index in [2.05, 4.69) is 20.1 Å². The van der Waals surface area contributed by atoms with E-state index >= 15 is 0 Å². The first-order valence-corrected chi connectivity index (χ1v) is 9.42. The largest absolute Gasteiger partial charge is 0.467 e. The van der Waals surface area contributed by atoms with Gasteiger partial charge in [0.1, 0.15) is 5.69 Å². The van der Waals surface area contributed by atoms with Crippen LogP contribution in [0.1, 0.15) is 0 Å². The van der Waals surface area contributed by atoms with Gasteiger partial charge >= 0.3 is 11.7 Å². The lowest BCUT2D eigenvalue weighted by molar-refractivity contribution is 0.380. The zero-order valence-electron chi connectivity index (χ0n) is 16.4. The summed E-state index contributed by atoms with van der Waals surface area (Å²) in [5.41, 5.74) is 4.14. The summed E-state index contributed by atoms with van der Waals surface area (Å²) in [6.45, 7) is 0. The molecule has 0 saturated carbocycles. The maximum absolute atomic E-state index is 13.1. The second kappa shape index (κ2) is 6.67. The molecular weight excluding hydrogens is 406 g/mol. The van der Waals surface area contributed by atoms with Gasteiger partial charge in [-0.05, 0) is 17.7 Å². The van der Waals surface area contributed by atoms with Crippen molar-refractivity contribution < 1.29 is 4.74 Å². The molecule has 0 spiro atoms. The Balaban J connectivity index is 1.84. The lowest BCUT2D eigenvalue weighted by Crippen LogP contribution is -2.20. The van der Waals surface area contributed by atoms with E-state index < -0.39 is 0 Å². The van der Waals surface area contributed by atoms with Crippen molar-refractivity contribution in [2.75, 3.05) is 7.11 Å². The molecule has 0 radical (unpaired) electrons. The van der Waals surface area contributed by atoms with Crippen molar-refractivity contribution >= 4 is 33.5 Å². The Morgan fingerprint density at radius 2 is 1.80 bits per heavy atom. The minimum atomic E-state index is -0.229. The zero-order valence-corrected chi connectivity index (χ0v) is 17.1. The monoisotopic (exact) mass is 421 g/mol. The Morgan fingerprint density at radius 3 is 2.47 bits per heavy atom. The molecule has 0 saturated heterocycles. The fourth-order valence-electron chi connectivity index (χ4n) is 3.57. The number of methoxy groups -OCH3 is 1. The van der Waals surface area contributed by atoms with Crippen LogP contribution in [0, 0.1) is 0 Å². The predicted molar refractivity (Wildman–Crippen MR) is 113 cm³/mol. The number of ether oxygens (including phenoxy) is 1. The van der Waals surface area contributed by atoms with Gasteiger partial charge < -0.3 is 4.74 Å². The molecule has 0 bridgehead atoms. The third-order valence-electron chi connectivity index (χ3n) is 5.03. The number of hydrogen-bond donors (Lipinski definition) is 0. The van der Waals surface area contributed by atoms with Gasteiger partial charge in [0.05, 0.1) is 36.1 Å². The number of aromatic nitrogens is 7. The van der Waals surface area contributed by atoms with Crippen molar-refractivity contribution in [2.45, 2.75) is 0 Å². The van der Waals surface area contributed by atoms with E-state index in [1.807, 2.05) is 18.2 Å². The van der Waals surface area contributed by atoms with Crippen molar-refractivity contribution in [3.05, 3.63) is 58.6 Å². The fourth-order valence-corrected chi connectivity index (χ4v) is 3.82. The number of nitrogens with zero attached hydrogens (tertiary/aromatic N) is 7. The van der Waals surface area contributed by atoms with Crippen LogP contribution in [0.2, 0.25) is 5.15 Å². The highest BCUT2D eigenvalue weighted by Gasteiger charge is 2.20. The number of rotatable bonds is 3. The van der Waals surface area contributed by atoms with Gasteiger partial charge in [0, 0.05) is 37.4 Å². The molecule has 0 N–H and O–H groups in total. The Morgan fingerprint density at radius 1 is 1.03 bits per heavy atom. The average Bonchev–Trinajstić information content (AvgIpc) is 3.22. The van der Waals surface area contributed by atoms with E-state index in [1.54, 1.807) is 52.7 Å². The van der Waals surface area contributed by atoms with Crippen LogP contribution < -0.4 is 10.4 Å². The van der Waals surface area contributed by atoms with Crippen LogP contribution >= 0.6 is 11.6 Å². The molecule has 4 heterocycles. The molecule has 0 fully saturated rings. The molecule has 0 atom stereocenters. The first kappa shape index (κ1) is 18.3. The van der Waals surface area contributed by atoms with E-state index in [0.717, 1.165) is 22.0 Å². The Bertz CT molecular complexity index is 1480. The summed E-state index contributed by atoms with van der Waals surface area (Å²) in [6, 6.07) is 6.11. The number of hydrogen-bond acceptors (Lipinski definition) is 6. The minimum absolute atomic E-state index is 0.229. The van der Waals surface area contributed by atoms with Crippen LogP contribution in [0.25, 0.3) is 38.8 Å². The predicted octanol–water partition coefficient (Wildman–Crippen LogP) is 2.73. The summed E-state index contributed by atoms with van der Waals surface area (Å²) in [5.74, 6) is 0. The first-order chi connectivity index (χ1) is 14.5. The molecule has 0 unspecified atom stereocenters. The lowest BCUT2D eigenvalue weighted by atomic mass is 10.1. The van der Waals surface area contributed by atoms with Crippen molar-refractivity contribution in [1.82, 2.24) is 33.9 Å². The number of benzene rings is 1. The van der Waals surface area contributed by atoms with Crippen LogP contribution in [0.5, 0.6) is 6.01 Å². The molecule has 5 rings (SSSR count). The van der Waals surface area contributed by atoms with Gasteiger partial charge in [-0.25, -0.2) is 14.8 Å². The molecular formula is C20H16ClN7O2. The van der Waals surface area contributed by atoms with Crippen LogP contribution in [0.15, 0.2) is 47.8 Å². The van der Waals surface area contributed by atoms with Crippen LogP contribution in [-0.2, 0) is 14.1 Å². The summed E-state index contributed by atoms with van der Waals surface area (Å²) in [5, 5.41) is 5.23. The smallest absolute Gasteiger partial charge is 0.333 e. The van der Waals surface area contributed by atoms with Gasteiger partial charge in [0.25, 0.3) is 0 Å². The highest BCUT2D eigenvalue weighted by atomic mass is 35.5. The number of fused-ring (bicyclic) bond motifs is 3. The van der Waals surface area contributed by atoms with Gasteiger partial charge in [0.2, 0.25) is 0 Å². The average molecular weight is 422 g/mol. The fraction of sp³-hybridized carbons (Fsp3) is 0.150. The molecule has 1 aromatic carbocycles. The summed E-state index contributed by atoms with van der Waals surface area (Å²) >= 11 is 6.32. The van der Waals surface area contributed by atoms with Gasteiger partial charge in [-0.3, -0.25) is 18.8 Å². The normalized spacial score (nSPS) is 11.5. The molecule has 5 aromatic rings. The molecule has 150 valence electrons. The maximum Gasteiger partial charge on any atom is 0.333 e.